The van der Waals surface area contributed by atoms with Gasteiger partial charge in [0.2, 0.25) is 0 Å². The molecule has 1 heterocycles. The minimum absolute atomic E-state index is 0.352. The molecule has 1 atom stereocenters. The molecule has 0 aromatic carbocycles. The van der Waals surface area contributed by atoms with Gasteiger partial charge in [0.25, 0.3) is 0 Å². The zero-order chi connectivity index (χ0) is 14.5. The van der Waals surface area contributed by atoms with Gasteiger partial charge in [-0.2, -0.15) is 0 Å². The van der Waals surface area contributed by atoms with Gasteiger partial charge >= 0.3 is 0 Å². The fraction of sp³-hybridized carbons (Fsp3) is 0.706. The van der Waals surface area contributed by atoms with Gasteiger partial charge in [0.15, 0.2) is 0 Å². The summed E-state index contributed by atoms with van der Waals surface area (Å²) in [7, 11) is 0. The normalized spacial score (nSPS) is 12.5. The van der Waals surface area contributed by atoms with E-state index in [0.717, 1.165) is 18.5 Å². The smallest absolute Gasteiger partial charge is 0.0419 e. The monoisotopic (exact) mass is 277 g/mol. The highest BCUT2D eigenvalue weighted by molar-refractivity contribution is 5.05. The first-order valence-electron chi connectivity index (χ1n) is 8.22. The maximum Gasteiger partial charge on any atom is 0.0419 e. The molecule has 1 rings (SSSR count). The predicted octanol–water partition coefficient (Wildman–Crippen LogP) is 3.99. The lowest BCUT2D eigenvalue weighted by Gasteiger charge is -2.15. The molecule has 20 heavy (non-hydrogen) atoms. The summed E-state index contributed by atoms with van der Waals surface area (Å²) in [6.07, 6.45) is 14.8. The number of pyridine rings is 1. The molecular weight excluding hydrogens is 246 g/mol. The summed E-state index contributed by atoms with van der Waals surface area (Å²) in [5.74, 6) is 5.64. The van der Waals surface area contributed by atoms with Gasteiger partial charge in [-0.15, -0.1) is 0 Å². The first-order valence-corrected chi connectivity index (χ1v) is 8.22. The van der Waals surface area contributed by atoms with Gasteiger partial charge in [0, 0.05) is 24.4 Å². The molecule has 0 saturated carbocycles. The molecule has 0 spiro atoms. The van der Waals surface area contributed by atoms with Crippen molar-refractivity contribution in [1.29, 1.82) is 0 Å². The molecule has 1 aromatic rings. The largest absolute Gasteiger partial charge is 0.271 e. The highest BCUT2D eigenvalue weighted by atomic mass is 15.2. The van der Waals surface area contributed by atoms with Crippen molar-refractivity contribution in [3.63, 3.8) is 0 Å². The van der Waals surface area contributed by atoms with Gasteiger partial charge in [-0.1, -0.05) is 64.4 Å². The Bertz CT molecular complexity index is 313. The average Bonchev–Trinajstić information content (AvgIpc) is 2.49. The van der Waals surface area contributed by atoms with Crippen molar-refractivity contribution >= 4 is 0 Å². The summed E-state index contributed by atoms with van der Waals surface area (Å²) in [5.41, 5.74) is 4.05. The standard InChI is InChI=1S/C17H31N3/c1-2-3-4-5-6-7-8-9-13-17(20-18)15-16-12-10-11-14-19-16/h10-12,14,17,20H,2-9,13,15,18H2,1H3. The van der Waals surface area contributed by atoms with E-state index in [1.807, 2.05) is 18.3 Å². The number of nitrogens with one attached hydrogen (secondary N) is 1. The highest BCUT2D eigenvalue weighted by Crippen LogP contribution is 2.12. The number of nitrogens with two attached hydrogens (primary N) is 1. The zero-order valence-electron chi connectivity index (χ0n) is 13.0. The van der Waals surface area contributed by atoms with Crippen LogP contribution in [-0.4, -0.2) is 11.0 Å². The van der Waals surface area contributed by atoms with E-state index in [1.165, 1.54) is 51.4 Å². The number of hydrazine groups is 1. The number of rotatable bonds is 12. The number of hydrogen-bond donors (Lipinski definition) is 2. The molecule has 1 aromatic heterocycles. The molecular formula is C17H31N3. The van der Waals surface area contributed by atoms with E-state index in [2.05, 4.69) is 23.4 Å². The maximum atomic E-state index is 5.64. The van der Waals surface area contributed by atoms with Crippen molar-refractivity contribution in [3.05, 3.63) is 30.1 Å². The van der Waals surface area contributed by atoms with E-state index in [0.29, 0.717) is 6.04 Å². The third kappa shape index (κ3) is 8.28. The molecule has 3 N–H and O–H groups in total. The van der Waals surface area contributed by atoms with Gasteiger partial charge in [0.05, 0.1) is 0 Å². The lowest BCUT2D eigenvalue weighted by atomic mass is 10.0. The van der Waals surface area contributed by atoms with E-state index in [9.17, 15) is 0 Å². The van der Waals surface area contributed by atoms with E-state index < -0.39 is 0 Å². The van der Waals surface area contributed by atoms with Gasteiger partial charge in [-0.3, -0.25) is 16.3 Å². The van der Waals surface area contributed by atoms with E-state index >= 15 is 0 Å². The van der Waals surface area contributed by atoms with Crippen LogP contribution in [-0.2, 0) is 6.42 Å². The van der Waals surface area contributed by atoms with Crippen LogP contribution in [0.15, 0.2) is 24.4 Å². The van der Waals surface area contributed by atoms with Crippen molar-refractivity contribution in [2.24, 2.45) is 5.84 Å². The summed E-state index contributed by atoms with van der Waals surface area (Å²) in [5, 5.41) is 0. The number of nitrogens with zero attached hydrogens (tertiary/aromatic N) is 1. The molecule has 0 radical (unpaired) electrons. The fourth-order valence-electron chi connectivity index (χ4n) is 2.54. The summed E-state index contributed by atoms with van der Waals surface area (Å²) in [6, 6.07) is 6.40. The Hall–Kier alpha value is -0.930. The van der Waals surface area contributed by atoms with Crippen LogP contribution in [0.4, 0.5) is 0 Å². The molecule has 0 amide bonds. The average molecular weight is 277 g/mol. The first-order chi connectivity index (χ1) is 9.86. The van der Waals surface area contributed by atoms with E-state index in [1.54, 1.807) is 0 Å². The van der Waals surface area contributed by atoms with Crippen molar-refractivity contribution < 1.29 is 0 Å². The number of aromatic nitrogens is 1. The van der Waals surface area contributed by atoms with Crippen LogP contribution < -0.4 is 11.3 Å². The van der Waals surface area contributed by atoms with Crippen molar-refractivity contribution in [2.45, 2.75) is 77.2 Å². The first kappa shape index (κ1) is 17.1. The topological polar surface area (TPSA) is 50.9 Å². The van der Waals surface area contributed by atoms with Crippen molar-refractivity contribution in [3.8, 4) is 0 Å². The van der Waals surface area contributed by atoms with Crippen LogP contribution in [0.25, 0.3) is 0 Å². The Morgan fingerprint density at radius 3 is 2.35 bits per heavy atom. The van der Waals surface area contributed by atoms with E-state index in [4.69, 9.17) is 5.84 Å². The molecule has 0 bridgehead atoms. The minimum Gasteiger partial charge on any atom is -0.271 e. The third-order valence-corrected chi connectivity index (χ3v) is 3.82. The summed E-state index contributed by atoms with van der Waals surface area (Å²) < 4.78 is 0. The molecule has 3 nitrogen and oxygen atoms in total. The van der Waals surface area contributed by atoms with Gasteiger partial charge in [0.1, 0.15) is 0 Å². The molecule has 0 aliphatic rings. The van der Waals surface area contributed by atoms with E-state index in [-0.39, 0.29) is 0 Å². The summed E-state index contributed by atoms with van der Waals surface area (Å²) in [6.45, 7) is 2.27. The second-order valence-corrected chi connectivity index (χ2v) is 5.65. The maximum absolute atomic E-state index is 5.64. The Morgan fingerprint density at radius 2 is 1.75 bits per heavy atom. The van der Waals surface area contributed by atoms with Crippen LogP contribution in [0, 0.1) is 0 Å². The van der Waals surface area contributed by atoms with Crippen LogP contribution in [0.5, 0.6) is 0 Å². The van der Waals surface area contributed by atoms with Crippen molar-refractivity contribution in [1.82, 2.24) is 10.4 Å². The molecule has 114 valence electrons. The number of hydrogen-bond acceptors (Lipinski definition) is 3. The Morgan fingerprint density at radius 1 is 1.05 bits per heavy atom. The van der Waals surface area contributed by atoms with Crippen LogP contribution >= 0.6 is 0 Å². The van der Waals surface area contributed by atoms with Crippen molar-refractivity contribution in [2.75, 3.05) is 0 Å². The third-order valence-electron chi connectivity index (χ3n) is 3.82. The minimum atomic E-state index is 0.352. The summed E-state index contributed by atoms with van der Waals surface area (Å²) >= 11 is 0. The lowest BCUT2D eigenvalue weighted by Crippen LogP contribution is -2.36. The molecule has 0 aliphatic heterocycles. The quantitative estimate of drug-likeness (QED) is 0.345. The predicted molar refractivity (Wildman–Crippen MR) is 86.3 cm³/mol. The fourth-order valence-corrected chi connectivity index (χ4v) is 2.54. The lowest BCUT2D eigenvalue weighted by molar-refractivity contribution is 0.455. The number of unbranched alkanes of at least 4 members (excludes halogenated alkanes) is 7. The molecule has 3 heteroatoms. The van der Waals surface area contributed by atoms with Crippen LogP contribution in [0.1, 0.15) is 70.4 Å². The molecule has 0 fully saturated rings. The zero-order valence-corrected chi connectivity index (χ0v) is 13.0. The second kappa shape index (κ2) is 11.9. The van der Waals surface area contributed by atoms with Gasteiger partial charge in [-0.25, -0.2) is 0 Å². The van der Waals surface area contributed by atoms with Gasteiger partial charge < -0.3 is 0 Å². The molecule has 0 aliphatic carbocycles. The highest BCUT2D eigenvalue weighted by Gasteiger charge is 2.07. The van der Waals surface area contributed by atoms with Crippen LogP contribution in [0.2, 0.25) is 0 Å². The SMILES string of the molecule is CCCCCCCCCCC(Cc1ccccn1)NN. The summed E-state index contributed by atoms with van der Waals surface area (Å²) in [4.78, 5) is 4.36. The Labute approximate surface area is 124 Å². The Kier molecular flexibility index (Phi) is 10.2. The second-order valence-electron chi connectivity index (χ2n) is 5.65. The molecule has 1 unspecified atom stereocenters. The Balaban J connectivity index is 2.04. The molecule has 0 saturated heterocycles. The van der Waals surface area contributed by atoms with Crippen LogP contribution in [0.3, 0.4) is 0 Å². The van der Waals surface area contributed by atoms with Gasteiger partial charge in [-0.05, 0) is 18.6 Å².